The number of carbonyl (C=O) groups is 2. The molecule has 0 bridgehead atoms. The van der Waals surface area contributed by atoms with Crippen LogP contribution in [0.25, 0.3) is 0 Å². The molecule has 0 spiro atoms. The second-order valence-electron chi connectivity index (χ2n) is 7.49. The van der Waals surface area contributed by atoms with Gasteiger partial charge in [0.25, 0.3) is 5.91 Å². The van der Waals surface area contributed by atoms with Crippen molar-refractivity contribution in [3.05, 3.63) is 90.1 Å². The Hall–Kier alpha value is -3.71. The fourth-order valence-corrected chi connectivity index (χ4v) is 3.52. The van der Waals surface area contributed by atoms with Gasteiger partial charge in [0.15, 0.2) is 6.61 Å². The van der Waals surface area contributed by atoms with E-state index < -0.39 is 5.97 Å². The van der Waals surface area contributed by atoms with Gasteiger partial charge in [0.1, 0.15) is 11.3 Å². The van der Waals surface area contributed by atoms with E-state index in [1.807, 2.05) is 36.4 Å². The summed E-state index contributed by atoms with van der Waals surface area (Å²) in [5.74, 6) is -0.136. The topological polar surface area (TPSA) is 72.0 Å². The van der Waals surface area contributed by atoms with Crippen LogP contribution in [0.4, 0.5) is 0 Å². The van der Waals surface area contributed by atoms with Gasteiger partial charge in [-0.2, -0.15) is 0 Å². The molecule has 0 radical (unpaired) electrons. The van der Waals surface area contributed by atoms with Crippen molar-refractivity contribution >= 4 is 11.9 Å². The summed E-state index contributed by atoms with van der Waals surface area (Å²) in [7, 11) is 0. The van der Waals surface area contributed by atoms with Crippen molar-refractivity contribution in [2.24, 2.45) is 0 Å². The second kappa shape index (κ2) is 10.5. The highest BCUT2D eigenvalue weighted by atomic mass is 16.5. The van der Waals surface area contributed by atoms with Gasteiger partial charge in [-0.3, -0.25) is 9.69 Å². The van der Waals surface area contributed by atoms with Crippen LogP contribution in [0, 0.1) is 0 Å². The zero-order chi connectivity index (χ0) is 22.2. The molecule has 0 atom stereocenters. The van der Waals surface area contributed by atoms with Crippen molar-refractivity contribution in [3.63, 3.8) is 0 Å². The van der Waals surface area contributed by atoms with E-state index in [-0.39, 0.29) is 24.0 Å². The molecule has 0 N–H and O–H groups in total. The maximum absolute atomic E-state index is 12.6. The Morgan fingerprint density at radius 2 is 1.53 bits per heavy atom. The highest BCUT2D eigenvalue weighted by Gasteiger charge is 2.23. The molecule has 7 heteroatoms. The summed E-state index contributed by atoms with van der Waals surface area (Å²) in [5.41, 5.74) is 1.43. The van der Waals surface area contributed by atoms with Crippen molar-refractivity contribution in [1.29, 1.82) is 0 Å². The Kier molecular flexibility index (Phi) is 7.09. The third kappa shape index (κ3) is 5.70. The number of nitrogens with zero attached hydrogens (tertiary/aromatic N) is 3. The molecule has 1 amide bonds. The lowest BCUT2D eigenvalue weighted by Crippen LogP contribution is -2.49. The summed E-state index contributed by atoms with van der Waals surface area (Å²) in [6, 6.07) is 22.5. The molecule has 32 heavy (non-hydrogen) atoms. The minimum Gasteiger partial charge on any atom is -0.452 e. The quantitative estimate of drug-likeness (QED) is 0.534. The summed E-state index contributed by atoms with van der Waals surface area (Å²) >= 11 is 0. The van der Waals surface area contributed by atoms with Crippen LogP contribution in [0.15, 0.2) is 79.0 Å². The minimum atomic E-state index is -0.639. The molecule has 1 saturated heterocycles. The third-order valence-electron chi connectivity index (χ3n) is 5.25. The number of aromatic nitrogens is 1. The van der Waals surface area contributed by atoms with E-state index in [1.54, 1.807) is 29.2 Å². The van der Waals surface area contributed by atoms with Crippen LogP contribution in [0.2, 0.25) is 0 Å². The van der Waals surface area contributed by atoms with Gasteiger partial charge in [-0.1, -0.05) is 48.5 Å². The van der Waals surface area contributed by atoms with Gasteiger partial charge < -0.3 is 14.4 Å². The molecule has 3 aromatic rings. The molecule has 0 unspecified atom stereocenters. The number of hydrogen-bond donors (Lipinski definition) is 0. The van der Waals surface area contributed by atoms with E-state index in [2.05, 4.69) is 22.0 Å². The van der Waals surface area contributed by atoms with Crippen molar-refractivity contribution in [1.82, 2.24) is 14.8 Å². The van der Waals surface area contributed by atoms with Crippen molar-refractivity contribution in [3.8, 4) is 11.6 Å². The summed E-state index contributed by atoms with van der Waals surface area (Å²) in [5, 5.41) is 0. The fourth-order valence-electron chi connectivity index (χ4n) is 3.52. The average Bonchev–Trinajstić information content (AvgIpc) is 2.84. The highest BCUT2D eigenvalue weighted by molar-refractivity contribution is 5.93. The number of amides is 1. The van der Waals surface area contributed by atoms with Gasteiger partial charge in [-0.25, -0.2) is 9.78 Å². The fraction of sp³-hybridized carbons (Fsp3) is 0.240. The van der Waals surface area contributed by atoms with E-state index in [1.165, 1.54) is 11.8 Å². The molecule has 1 aliphatic heterocycles. The maximum Gasteiger partial charge on any atom is 0.344 e. The molecule has 2 aromatic carbocycles. The van der Waals surface area contributed by atoms with Gasteiger partial charge in [-0.05, 0) is 29.8 Å². The molecule has 2 heterocycles. The smallest absolute Gasteiger partial charge is 0.344 e. The standard InChI is InChI=1S/C25H25N3O4/c29-23(28-16-14-27(15-17-28)18-20-8-3-1-4-9-20)19-31-25(30)22-12-7-13-26-24(22)32-21-10-5-2-6-11-21/h1-13H,14-19H2. The lowest BCUT2D eigenvalue weighted by atomic mass is 10.2. The molecule has 164 valence electrons. The Bertz CT molecular complexity index is 1040. The van der Waals surface area contributed by atoms with Crippen molar-refractivity contribution < 1.29 is 19.1 Å². The Morgan fingerprint density at radius 1 is 0.844 bits per heavy atom. The Morgan fingerprint density at radius 3 is 2.25 bits per heavy atom. The first-order valence-electron chi connectivity index (χ1n) is 10.6. The molecule has 7 nitrogen and oxygen atoms in total. The first-order chi connectivity index (χ1) is 15.7. The molecule has 1 fully saturated rings. The van der Waals surface area contributed by atoms with Gasteiger partial charge in [0.2, 0.25) is 5.88 Å². The van der Waals surface area contributed by atoms with Gasteiger partial charge in [0, 0.05) is 38.9 Å². The van der Waals surface area contributed by atoms with Gasteiger partial charge in [0.05, 0.1) is 0 Å². The number of benzene rings is 2. The number of carbonyl (C=O) groups excluding carboxylic acids is 2. The SMILES string of the molecule is O=C(OCC(=O)N1CCN(Cc2ccccc2)CC1)c1cccnc1Oc1ccccc1. The van der Waals surface area contributed by atoms with Crippen molar-refractivity contribution in [2.45, 2.75) is 6.54 Å². The van der Waals surface area contributed by atoms with Crippen LogP contribution in [0.5, 0.6) is 11.6 Å². The number of ether oxygens (including phenoxy) is 2. The maximum atomic E-state index is 12.6. The van der Waals surface area contributed by atoms with Crippen molar-refractivity contribution in [2.75, 3.05) is 32.8 Å². The summed E-state index contributed by atoms with van der Waals surface area (Å²) < 4.78 is 11.0. The number of hydrogen-bond acceptors (Lipinski definition) is 6. The first-order valence-corrected chi connectivity index (χ1v) is 10.6. The summed E-state index contributed by atoms with van der Waals surface area (Å²) in [4.78, 5) is 33.3. The monoisotopic (exact) mass is 431 g/mol. The lowest BCUT2D eigenvalue weighted by Gasteiger charge is -2.34. The zero-order valence-corrected chi connectivity index (χ0v) is 17.7. The van der Waals surface area contributed by atoms with E-state index in [0.717, 1.165) is 19.6 Å². The number of para-hydroxylation sites is 1. The van der Waals surface area contributed by atoms with Crippen LogP contribution in [-0.2, 0) is 16.1 Å². The molecule has 4 rings (SSSR count). The normalized spacial score (nSPS) is 14.1. The number of esters is 1. The lowest BCUT2D eigenvalue weighted by molar-refractivity contribution is -0.136. The summed E-state index contributed by atoms with van der Waals surface area (Å²) in [6.07, 6.45) is 1.54. The molecule has 1 aliphatic rings. The highest BCUT2D eigenvalue weighted by Crippen LogP contribution is 2.23. The molecular weight excluding hydrogens is 406 g/mol. The molecular formula is C25H25N3O4. The third-order valence-corrected chi connectivity index (χ3v) is 5.25. The van der Waals surface area contributed by atoms with Gasteiger partial charge >= 0.3 is 5.97 Å². The second-order valence-corrected chi connectivity index (χ2v) is 7.49. The van der Waals surface area contributed by atoms with Crippen LogP contribution in [-0.4, -0.2) is 59.4 Å². The van der Waals surface area contributed by atoms with E-state index >= 15 is 0 Å². The summed E-state index contributed by atoms with van der Waals surface area (Å²) in [6.45, 7) is 3.34. The zero-order valence-electron chi connectivity index (χ0n) is 17.7. The van der Waals surface area contributed by atoms with Crippen LogP contribution in [0.1, 0.15) is 15.9 Å². The predicted molar refractivity (Wildman–Crippen MR) is 119 cm³/mol. The Labute approximate surface area is 187 Å². The largest absolute Gasteiger partial charge is 0.452 e. The number of rotatable bonds is 7. The first kappa shape index (κ1) is 21.5. The molecule has 0 saturated carbocycles. The van der Waals surface area contributed by atoms with E-state index in [4.69, 9.17) is 9.47 Å². The van der Waals surface area contributed by atoms with Crippen LogP contribution in [0.3, 0.4) is 0 Å². The molecule has 0 aliphatic carbocycles. The number of piperazine rings is 1. The molecule has 1 aromatic heterocycles. The minimum absolute atomic E-state index is 0.144. The van der Waals surface area contributed by atoms with Gasteiger partial charge in [-0.15, -0.1) is 0 Å². The van der Waals surface area contributed by atoms with E-state index in [9.17, 15) is 9.59 Å². The van der Waals surface area contributed by atoms with Crippen LogP contribution < -0.4 is 4.74 Å². The Balaban J connectivity index is 1.27. The van der Waals surface area contributed by atoms with Crippen LogP contribution >= 0.6 is 0 Å². The number of pyridine rings is 1. The van der Waals surface area contributed by atoms with E-state index in [0.29, 0.717) is 18.8 Å². The average molecular weight is 431 g/mol. The predicted octanol–water partition coefficient (Wildman–Crippen LogP) is 3.38.